The molecule has 0 aromatic heterocycles. The topological polar surface area (TPSA) is 40.5 Å². The standard InChI is InChI=1S/C8H11BIO2/c1-10-6-7-4-2-3-5-8(7)9(11)12/h2-5,11-12H,6H2,1H3/q-1. The van der Waals surface area contributed by atoms with E-state index in [4.69, 9.17) is 10.0 Å². The van der Waals surface area contributed by atoms with Crippen LogP contribution in [-0.2, 0) is 4.43 Å². The zero-order chi connectivity index (χ0) is 8.97. The first-order valence-electron chi connectivity index (χ1n) is 3.63. The molecule has 0 heterocycles. The Morgan fingerprint density at radius 3 is 2.58 bits per heavy atom. The summed E-state index contributed by atoms with van der Waals surface area (Å²) in [6.07, 6.45) is 0. The van der Waals surface area contributed by atoms with Crippen molar-refractivity contribution in [1.82, 2.24) is 0 Å². The maximum atomic E-state index is 9.00. The summed E-state index contributed by atoms with van der Waals surface area (Å²) in [7, 11) is -1.32. The summed E-state index contributed by atoms with van der Waals surface area (Å²) in [6.45, 7) is 0. The summed E-state index contributed by atoms with van der Waals surface area (Å²) in [6, 6.07) is 7.48. The van der Waals surface area contributed by atoms with Crippen molar-refractivity contribution < 1.29 is 31.3 Å². The first kappa shape index (κ1) is 10.0. The average Bonchev–Trinajstić information content (AvgIpc) is 2.05. The Morgan fingerprint density at radius 1 is 1.33 bits per heavy atom. The second kappa shape index (κ2) is 4.84. The van der Waals surface area contributed by atoms with Crippen LogP contribution >= 0.6 is 0 Å². The van der Waals surface area contributed by atoms with Gasteiger partial charge in [0.05, 0.1) is 0 Å². The summed E-state index contributed by atoms with van der Waals surface area (Å²) >= 11 is 0.164. The zero-order valence-corrected chi connectivity index (χ0v) is 9.02. The number of benzene rings is 1. The molecule has 0 amide bonds. The third kappa shape index (κ3) is 2.47. The Hall–Kier alpha value is -0.0651. The molecule has 1 rings (SSSR count). The van der Waals surface area contributed by atoms with Crippen LogP contribution in [0.5, 0.6) is 0 Å². The van der Waals surface area contributed by atoms with Crippen LogP contribution < -0.4 is 26.7 Å². The van der Waals surface area contributed by atoms with Crippen LogP contribution in [-0.4, -0.2) is 22.1 Å². The molecule has 12 heavy (non-hydrogen) atoms. The molecule has 1 aromatic rings. The normalized spacial score (nSPS) is 10.2. The molecule has 0 unspecified atom stereocenters. The molecule has 0 aliphatic heterocycles. The molecule has 2 N–H and O–H groups in total. The molecule has 0 saturated carbocycles. The van der Waals surface area contributed by atoms with Crippen LogP contribution in [0.15, 0.2) is 24.3 Å². The summed E-state index contributed by atoms with van der Waals surface area (Å²) in [5.41, 5.74) is 1.72. The third-order valence-electron chi connectivity index (χ3n) is 1.61. The Kier molecular flexibility index (Phi) is 4.04. The molecule has 0 spiro atoms. The molecule has 1 aromatic carbocycles. The van der Waals surface area contributed by atoms with Gasteiger partial charge in [-0.1, -0.05) is 0 Å². The molecule has 0 aliphatic rings. The fourth-order valence-corrected chi connectivity index (χ4v) is 2.57. The van der Waals surface area contributed by atoms with E-state index < -0.39 is 7.12 Å². The minimum absolute atomic E-state index is 0.164. The SMILES string of the molecule is C[I-]Cc1ccccc1B(O)O. The minimum atomic E-state index is -1.32. The fourth-order valence-electron chi connectivity index (χ4n) is 1.05. The molecule has 0 bridgehead atoms. The van der Waals surface area contributed by atoms with Crippen molar-refractivity contribution in [2.24, 2.45) is 0 Å². The second-order valence-corrected chi connectivity index (χ2v) is 4.76. The molecule has 66 valence electrons. The van der Waals surface area contributed by atoms with Crippen molar-refractivity contribution in [3.05, 3.63) is 29.8 Å². The van der Waals surface area contributed by atoms with Crippen molar-refractivity contribution in [2.45, 2.75) is 4.43 Å². The molecule has 4 heteroatoms. The first-order chi connectivity index (χ1) is 5.75. The Labute approximate surface area is 83.0 Å². The van der Waals surface area contributed by atoms with Gasteiger partial charge < -0.3 is 0 Å². The molecule has 0 atom stereocenters. The van der Waals surface area contributed by atoms with Crippen molar-refractivity contribution in [3.8, 4) is 0 Å². The van der Waals surface area contributed by atoms with Crippen molar-refractivity contribution in [3.63, 3.8) is 0 Å². The van der Waals surface area contributed by atoms with Crippen molar-refractivity contribution >= 4 is 12.6 Å². The summed E-state index contributed by atoms with van der Waals surface area (Å²) in [5.74, 6) is 0. The molecule has 0 fully saturated rings. The van der Waals surface area contributed by atoms with Crippen molar-refractivity contribution in [2.75, 3.05) is 4.93 Å². The predicted molar refractivity (Wildman–Crippen MR) is 45.9 cm³/mol. The summed E-state index contributed by atoms with van der Waals surface area (Å²) in [5, 5.41) is 18.0. The summed E-state index contributed by atoms with van der Waals surface area (Å²) in [4.78, 5) is 2.18. The quantitative estimate of drug-likeness (QED) is 0.343. The van der Waals surface area contributed by atoms with Crippen LogP contribution in [0.4, 0.5) is 0 Å². The van der Waals surface area contributed by atoms with E-state index in [-0.39, 0.29) is 21.2 Å². The van der Waals surface area contributed by atoms with E-state index in [1.807, 2.05) is 18.2 Å². The van der Waals surface area contributed by atoms with Crippen LogP contribution in [0.2, 0.25) is 0 Å². The fraction of sp³-hybridized carbons (Fsp3) is 0.250. The van der Waals surface area contributed by atoms with Gasteiger partial charge in [0.2, 0.25) is 0 Å². The van der Waals surface area contributed by atoms with E-state index in [1.165, 1.54) is 0 Å². The van der Waals surface area contributed by atoms with Crippen LogP contribution in [0, 0.1) is 0 Å². The number of alkyl halides is 2. The Morgan fingerprint density at radius 2 is 2.00 bits per heavy atom. The number of hydrogen-bond acceptors (Lipinski definition) is 2. The number of hydrogen-bond donors (Lipinski definition) is 2. The molecular weight excluding hydrogens is 266 g/mol. The van der Waals surface area contributed by atoms with Crippen LogP contribution in [0.3, 0.4) is 0 Å². The third-order valence-corrected chi connectivity index (χ3v) is 3.20. The van der Waals surface area contributed by atoms with Gasteiger partial charge in [-0.15, -0.1) is 0 Å². The first-order valence-corrected chi connectivity index (χ1v) is 7.31. The van der Waals surface area contributed by atoms with E-state index in [1.54, 1.807) is 6.07 Å². The van der Waals surface area contributed by atoms with E-state index in [2.05, 4.69) is 4.93 Å². The van der Waals surface area contributed by atoms with E-state index in [0.717, 1.165) is 9.99 Å². The van der Waals surface area contributed by atoms with Gasteiger partial charge in [0.15, 0.2) is 0 Å². The van der Waals surface area contributed by atoms with Gasteiger partial charge >= 0.3 is 83.0 Å². The van der Waals surface area contributed by atoms with Crippen LogP contribution in [0.25, 0.3) is 0 Å². The van der Waals surface area contributed by atoms with E-state index in [0.29, 0.717) is 5.46 Å². The van der Waals surface area contributed by atoms with Crippen molar-refractivity contribution in [1.29, 1.82) is 0 Å². The maximum absolute atomic E-state index is 9.00. The van der Waals surface area contributed by atoms with Gasteiger partial charge in [-0.05, 0) is 0 Å². The average molecular weight is 277 g/mol. The molecule has 0 aliphatic carbocycles. The Bertz CT molecular complexity index is 253. The van der Waals surface area contributed by atoms with Crippen LogP contribution in [0.1, 0.15) is 5.56 Å². The van der Waals surface area contributed by atoms with Gasteiger partial charge in [0.1, 0.15) is 0 Å². The van der Waals surface area contributed by atoms with Gasteiger partial charge in [-0.25, -0.2) is 0 Å². The van der Waals surface area contributed by atoms with E-state index in [9.17, 15) is 0 Å². The monoisotopic (exact) mass is 277 g/mol. The van der Waals surface area contributed by atoms with Gasteiger partial charge in [0, 0.05) is 0 Å². The number of rotatable bonds is 3. The van der Waals surface area contributed by atoms with E-state index >= 15 is 0 Å². The molecule has 2 nitrogen and oxygen atoms in total. The van der Waals surface area contributed by atoms with Gasteiger partial charge in [-0.2, -0.15) is 0 Å². The zero-order valence-electron chi connectivity index (χ0n) is 6.87. The number of halogens is 1. The van der Waals surface area contributed by atoms with Gasteiger partial charge in [-0.3, -0.25) is 0 Å². The van der Waals surface area contributed by atoms with Gasteiger partial charge in [0.25, 0.3) is 0 Å². The molecule has 0 saturated heterocycles. The predicted octanol–water partition coefficient (Wildman–Crippen LogP) is -3.41. The summed E-state index contributed by atoms with van der Waals surface area (Å²) < 4.78 is 1.01. The molecule has 0 radical (unpaired) electrons. The second-order valence-electron chi connectivity index (χ2n) is 2.47. The Balaban J connectivity index is 2.92. The molecular formula is C8H11BIO2-.